The van der Waals surface area contributed by atoms with Gasteiger partial charge in [-0.3, -0.25) is 4.79 Å². The maximum absolute atomic E-state index is 12.5. The fourth-order valence-electron chi connectivity index (χ4n) is 1.75. The molecule has 1 N–H and O–H groups in total. The highest BCUT2D eigenvalue weighted by atomic mass is 32.1. The Labute approximate surface area is 123 Å². The molecule has 0 saturated carbocycles. The summed E-state index contributed by atoms with van der Waals surface area (Å²) in [6.45, 7) is 3.57. The molecule has 0 aliphatic rings. The molecule has 112 valence electrons. The lowest BCUT2D eigenvalue weighted by Gasteiger charge is -2.23. The molecule has 21 heavy (non-hydrogen) atoms. The maximum atomic E-state index is 12.5. The van der Waals surface area contributed by atoms with E-state index in [-0.39, 0.29) is 5.56 Å². The molecule has 0 bridgehead atoms. The average molecular weight is 314 g/mol. The highest BCUT2D eigenvalue weighted by Crippen LogP contribution is 2.29. The van der Waals surface area contributed by atoms with Crippen molar-refractivity contribution in [1.29, 1.82) is 0 Å². The van der Waals surface area contributed by atoms with E-state index in [0.717, 1.165) is 29.3 Å². The zero-order valence-electron chi connectivity index (χ0n) is 11.4. The lowest BCUT2D eigenvalue weighted by Crippen LogP contribution is -2.40. The Morgan fingerprint density at radius 1 is 1.19 bits per heavy atom. The number of carbonyl (C=O) groups is 1. The second-order valence-corrected chi connectivity index (χ2v) is 5.89. The second-order valence-electron chi connectivity index (χ2n) is 4.99. The monoisotopic (exact) mass is 314 g/mol. The first kappa shape index (κ1) is 15.5. The molecule has 2 aromatic rings. The summed E-state index contributed by atoms with van der Waals surface area (Å²) >= 11 is 1.40. The van der Waals surface area contributed by atoms with Crippen LogP contribution in [-0.2, 0) is 11.7 Å². The van der Waals surface area contributed by atoms with Crippen LogP contribution in [-0.4, -0.2) is 10.9 Å². The lowest BCUT2D eigenvalue weighted by atomic mass is 10.0. The summed E-state index contributed by atoms with van der Waals surface area (Å²) in [6.07, 6.45) is -2.78. The standard InChI is InChI=1S/C14H13F3N2OS/c1-13(2,12-18-7-8-21-12)19-11(20)9-3-5-10(6-4-9)14(15,16)17/h3-8H,1-2H3,(H,19,20). The van der Waals surface area contributed by atoms with Crippen LogP contribution in [0, 0.1) is 0 Å². The molecule has 0 fully saturated rings. The van der Waals surface area contributed by atoms with E-state index in [0.29, 0.717) is 0 Å². The van der Waals surface area contributed by atoms with Crippen molar-refractivity contribution in [2.45, 2.75) is 25.6 Å². The van der Waals surface area contributed by atoms with E-state index in [4.69, 9.17) is 0 Å². The van der Waals surface area contributed by atoms with Gasteiger partial charge in [0.05, 0.1) is 11.1 Å². The molecule has 1 aromatic carbocycles. The average Bonchev–Trinajstić information content (AvgIpc) is 2.92. The van der Waals surface area contributed by atoms with E-state index in [1.165, 1.54) is 11.3 Å². The molecule has 0 saturated heterocycles. The number of halogens is 3. The Morgan fingerprint density at radius 2 is 1.81 bits per heavy atom. The molecule has 0 atom stereocenters. The van der Waals surface area contributed by atoms with Crippen LogP contribution >= 0.6 is 11.3 Å². The summed E-state index contributed by atoms with van der Waals surface area (Å²) in [6, 6.07) is 4.11. The van der Waals surface area contributed by atoms with Crippen LogP contribution in [0.15, 0.2) is 35.8 Å². The Kier molecular flexibility index (Phi) is 4.04. The molecule has 0 unspecified atom stereocenters. The zero-order valence-corrected chi connectivity index (χ0v) is 12.2. The van der Waals surface area contributed by atoms with Crippen LogP contribution in [0.5, 0.6) is 0 Å². The van der Waals surface area contributed by atoms with Crippen LogP contribution in [0.2, 0.25) is 0 Å². The number of carbonyl (C=O) groups excluding carboxylic acids is 1. The van der Waals surface area contributed by atoms with Crippen molar-refractivity contribution in [2.75, 3.05) is 0 Å². The maximum Gasteiger partial charge on any atom is 0.416 e. The molecule has 2 rings (SSSR count). The third-order valence-corrected chi connectivity index (χ3v) is 3.96. The minimum absolute atomic E-state index is 0.174. The van der Waals surface area contributed by atoms with Gasteiger partial charge in [0.25, 0.3) is 5.91 Å². The number of amides is 1. The van der Waals surface area contributed by atoms with Gasteiger partial charge in [0.1, 0.15) is 5.01 Å². The molecule has 0 radical (unpaired) electrons. The van der Waals surface area contributed by atoms with Crippen LogP contribution in [0.3, 0.4) is 0 Å². The van der Waals surface area contributed by atoms with E-state index >= 15 is 0 Å². The largest absolute Gasteiger partial charge is 0.416 e. The first-order valence-corrected chi connectivity index (χ1v) is 6.98. The second kappa shape index (κ2) is 5.48. The Balaban J connectivity index is 2.14. The van der Waals surface area contributed by atoms with E-state index < -0.39 is 23.2 Å². The molecule has 0 spiro atoms. The molecular weight excluding hydrogens is 301 g/mol. The smallest absolute Gasteiger partial charge is 0.341 e. The topological polar surface area (TPSA) is 42.0 Å². The van der Waals surface area contributed by atoms with E-state index in [9.17, 15) is 18.0 Å². The number of thiazole rings is 1. The molecule has 0 aliphatic heterocycles. The lowest BCUT2D eigenvalue weighted by molar-refractivity contribution is -0.137. The number of nitrogens with one attached hydrogen (secondary N) is 1. The minimum atomic E-state index is -4.41. The molecule has 1 amide bonds. The van der Waals surface area contributed by atoms with Gasteiger partial charge in [0.2, 0.25) is 0 Å². The normalized spacial score (nSPS) is 12.2. The summed E-state index contributed by atoms with van der Waals surface area (Å²) in [7, 11) is 0. The molecule has 1 aromatic heterocycles. The summed E-state index contributed by atoms with van der Waals surface area (Å²) < 4.78 is 37.4. The first-order valence-electron chi connectivity index (χ1n) is 6.10. The molecule has 7 heteroatoms. The van der Waals surface area contributed by atoms with Crippen molar-refractivity contribution < 1.29 is 18.0 Å². The Bertz CT molecular complexity index is 619. The number of alkyl halides is 3. The summed E-state index contributed by atoms with van der Waals surface area (Å²) in [4.78, 5) is 16.2. The van der Waals surface area contributed by atoms with E-state index in [1.54, 1.807) is 25.4 Å². The quantitative estimate of drug-likeness (QED) is 0.935. The summed E-state index contributed by atoms with van der Waals surface area (Å²) in [5.41, 5.74) is -1.29. The van der Waals surface area contributed by atoms with Crippen molar-refractivity contribution in [3.05, 3.63) is 52.0 Å². The Morgan fingerprint density at radius 3 is 2.29 bits per heavy atom. The number of hydrogen-bond donors (Lipinski definition) is 1. The fraction of sp³-hybridized carbons (Fsp3) is 0.286. The van der Waals surface area contributed by atoms with E-state index in [1.807, 2.05) is 0 Å². The van der Waals surface area contributed by atoms with Crippen molar-refractivity contribution in [3.8, 4) is 0 Å². The predicted molar refractivity (Wildman–Crippen MR) is 74.1 cm³/mol. The zero-order chi connectivity index (χ0) is 15.7. The minimum Gasteiger partial charge on any atom is -0.341 e. The predicted octanol–water partition coefficient (Wildman–Crippen LogP) is 3.83. The van der Waals surface area contributed by atoms with Crippen molar-refractivity contribution in [2.24, 2.45) is 0 Å². The Hall–Kier alpha value is -1.89. The number of aromatic nitrogens is 1. The van der Waals surface area contributed by atoms with Gasteiger partial charge in [-0.15, -0.1) is 11.3 Å². The number of benzene rings is 1. The van der Waals surface area contributed by atoms with Crippen LogP contribution in [0.25, 0.3) is 0 Å². The molecular formula is C14H13F3N2OS. The van der Waals surface area contributed by atoms with Gasteiger partial charge < -0.3 is 5.32 Å². The van der Waals surface area contributed by atoms with Gasteiger partial charge in [0.15, 0.2) is 0 Å². The molecule has 3 nitrogen and oxygen atoms in total. The van der Waals surface area contributed by atoms with Crippen molar-refractivity contribution in [1.82, 2.24) is 10.3 Å². The summed E-state index contributed by atoms with van der Waals surface area (Å²) in [5, 5.41) is 5.28. The highest BCUT2D eigenvalue weighted by molar-refractivity contribution is 7.09. The molecule has 1 heterocycles. The van der Waals surface area contributed by atoms with Crippen LogP contribution < -0.4 is 5.32 Å². The highest BCUT2D eigenvalue weighted by Gasteiger charge is 2.31. The number of rotatable bonds is 3. The third kappa shape index (κ3) is 3.60. The van der Waals surface area contributed by atoms with Crippen molar-refractivity contribution >= 4 is 17.2 Å². The van der Waals surface area contributed by atoms with Gasteiger partial charge >= 0.3 is 6.18 Å². The number of hydrogen-bond acceptors (Lipinski definition) is 3. The van der Waals surface area contributed by atoms with Crippen molar-refractivity contribution in [3.63, 3.8) is 0 Å². The van der Waals surface area contributed by atoms with Gasteiger partial charge in [-0.05, 0) is 38.1 Å². The van der Waals surface area contributed by atoms with Gasteiger partial charge in [-0.25, -0.2) is 4.98 Å². The number of nitrogens with zero attached hydrogens (tertiary/aromatic N) is 1. The van der Waals surface area contributed by atoms with Gasteiger partial charge in [0, 0.05) is 17.1 Å². The van der Waals surface area contributed by atoms with Gasteiger partial charge in [-0.2, -0.15) is 13.2 Å². The first-order chi connectivity index (χ1) is 9.70. The SMILES string of the molecule is CC(C)(NC(=O)c1ccc(C(F)(F)F)cc1)c1nccs1. The van der Waals surface area contributed by atoms with E-state index in [2.05, 4.69) is 10.3 Å². The fourth-order valence-corrected chi connectivity index (χ4v) is 2.47. The van der Waals surface area contributed by atoms with Crippen LogP contribution in [0.1, 0.15) is 34.8 Å². The third-order valence-electron chi connectivity index (χ3n) is 2.87. The van der Waals surface area contributed by atoms with Gasteiger partial charge in [-0.1, -0.05) is 0 Å². The summed E-state index contributed by atoms with van der Waals surface area (Å²) in [5.74, 6) is -0.441. The molecule has 0 aliphatic carbocycles. The van der Waals surface area contributed by atoms with Crippen LogP contribution in [0.4, 0.5) is 13.2 Å².